The minimum atomic E-state index is 0.274. The molecule has 0 bridgehead atoms. The van der Waals surface area contributed by atoms with Gasteiger partial charge in [-0.1, -0.05) is 44.8 Å². The molecule has 0 aliphatic heterocycles. The molecular weight excluding hydrogens is 388 g/mol. The van der Waals surface area contributed by atoms with Crippen LogP contribution in [0.1, 0.15) is 42.9 Å². The zero-order valence-electron chi connectivity index (χ0n) is 10.9. The van der Waals surface area contributed by atoms with Crippen molar-refractivity contribution < 1.29 is 0 Å². The Labute approximate surface area is 134 Å². The van der Waals surface area contributed by atoms with Crippen molar-refractivity contribution in [2.45, 2.75) is 32.4 Å². The first-order chi connectivity index (χ1) is 9.11. The maximum Gasteiger partial charge on any atom is 0.109 e. The van der Waals surface area contributed by atoms with E-state index in [1.165, 1.54) is 5.56 Å². The summed E-state index contributed by atoms with van der Waals surface area (Å²) in [4.78, 5) is 4.41. The van der Waals surface area contributed by atoms with Crippen LogP contribution in [0.25, 0.3) is 0 Å². The van der Waals surface area contributed by atoms with Gasteiger partial charge in [0.25, 0.3) is 0 Å². The summed E-state index contributed by atoms with van der Waals surface area (Å²) in [5.41, 5.74) is 1.26. The first-order valence-electron chi connectivity index (χ1n) is 6.22. The van der Waals surface area contributed by atoms with Gasteiger partial charge >= 0.3 is 0 Å². The van der Waals surface area contributed by atoms with Gasteiger partial charge in [-0.3, -0.25) is 0 Å². The van der Waals surface area contributed by atoms with E-state index in [1.807, 2.05) is 11.6 Å². The Kier molecular flexibility index (Phi) is 5.57. The van der Waals surface area contributed by atoms with Crippen molar-refractivity contribution in [1.82, 2.24) is 10.3 Å². The van der Waals surface area contributed by atoms with Crippen LogP contribution in [0, 0.1) is 0 Å². The highest BCUT2D eigenvalue weighted by Crippen LogP contribution is 2.29. The van der Waals surface area contributed by atoms with Crippen molar-refractivity contribution >= 4 is 43.2 Å². The summed E-state index contributed by atoms with van der Waals surface area (Å²) < 4.78 is 2.21. The largest absolute Gasteiger partial charge is 0.301 e. The van der Waals surface area contributed by atoms with Crippen molar-refractivity contribution in [2.75, 3.05) is 0 Å². The smallest absolute Gasteiger partial charge is 0.109 e. The lowest BCUT2D eigenvalue weighted by Gasteiger charge is -2.22. The molecule has 1 heterocycles. The van der Waals surface area contributed by atoms with Gasteiger partial charge in [0, 0.05) is 26.6 Å². The molecule has 0 fully saturated rings. The minimum Gasteiger partial charge on any atom is -0.301 e. The normalized spacial score (nSPS) is 14.3. The van der Waals surface area contributed by atoms with Crippen LogP contribution in [0.4, 0.5) is 0 Å². The van der Waals surface area contributed by atoms with Gasteiger partial charge in [0.15, 0.2) is 0 Å². The highest BCUT2D eigenvalue weighted by molar-refractivity contribution is 9.11. The molecule has 0 aliphatic carbocycles. The summed E-state index contributed by atoms with van der Waals surface area (Å²) in [6.07, 6.45) is 2.90. The van der Waals surface area contributed by atoms with Gasteiger partial charge in [-0.15, -0.1) is 11.3 Å². The van der Waals surface area contributed by atoms with Crippen molar-refractivity contribution in [3.63, 3.8) is 0 Å². The molecule has 2 nitrogen and oxygen atoms in total. The maximum absolute atomic E-state index is 4.41. The molecular formula is C14H16Br2N2S. The summed E-state index contributed by atoms with van der Waals surface area (Å²) in [6.45, 7) is 4.37. The molecule has 1 aromatic heterocycles. The Balaban J connectivity index is 2.13. The zero-order valence-corrected chi connectivity index (χ0v) is 14.8. The third-order valence-electron chi connectivity index (χ3n) is 3.04. The second-order valence-electron chi connectivity index (χ2n) is 4.39. The second-order valence-corrected chi connectivity index (χ2v) is 7.08. The molecule has 2 rings (SSSR count). The van der Waals surface area contributed by atoms with Crippen LogP contribution in [0.15, 0.2) is 38.7 Å². The fourth-order valence-corrected chi connectivity index (χ4v) is 4.19. The molecule has 0 spiro atoms. The van der Waals surface area contributed by atoms with Gasteiger partial charge in [0.2, 0.25) is 0 Å². The van der Waals surface area contributed by atoms with Crippen molar-refractivity contribution in [3.8, 4) is 0 Å². The van der Waals surface area contributed by atoms with Gasteiger partial charge in [0.05, 0.1) is 6.04 Å². The summed E-state index contributed by atoms with van der Waals surface area (Å²) in [5, 5.41) is 6.83. The van der Waals surface area contributed by atoms with Gasteiger partial charge in [-0.25, -0.2) is 4.98 Å². The molecule has 2 unspecified atom stereocenters. The van der Waals surface area contributed by atoms with Gasteiger partial charge in [-0.05, 0) is 31.0 Å². The minimum absolute atomic E-state index is 0.274. The van der Waals surface area contributed by atoms with Crippen LogP contribution in [0.5, 0.6) is 0 Å². The van der Waals surface area contributed by atoms with Crippen molar-refractivity contribution in [1.29, 1.82) is 0 Å². The third kappa shape index (κ3) is 3.88. The lowest BCUT2D eigenvalue weighted by atomic mass is 10.1. The van der Waals surface area contributed by atoms with Gasteiger partial charge < -0.3 is 5.32 Å². The van der Waals surface area contributed by atoms with Crippen LogP contribution < -0.4 is 5.32 Å². The first kappa shape index (κ1) is 15.2. The van der Waals surface area contributed by atoms with E-state index in [0.717, 1.165) is 20.4 Å². The van der Waals surface area contributed by atoms with E-state index < -0.39 is 0 Å². The molecule has 1 aromatic carbocycles. The van der Waals surface area contributed by atoms with E-state index in [9.17, 15) is 0 Å². The van der Waals surface area contributed by atoms with E-state index in [2.05, 4.69) is 74.2 Å². The second kappa shape index (κ2) is 6.97. The van der Waals surface area contributed by atoms with Crippen LogP contribution in [-0.4, -0.2) is 4.98 Å². The average molecular weight is 404 g/mol. The number of thiazole rings is 1. The molecule has 0 saturated carbocycles. The van der Waals surface area contributed by atoms with Crippen LogP contribution in [0.2, 0.25) is 0 Å². The van der Waals surface area contributed by atoms with Crippen molar-refractivity contribution in [3.05, 3.63) is 49.3 Å². The number of aromatic nitrogens is 1. The molecule has 1 N–H and O–H groups in total. The predicted octanol–water partition coefficient (Wildman–Crippen LogP) is 5.47. The third-order valence-corrected chi connectivity index (χ3v) is 5.11. The lowest BCUT2D eigenvalue weighted by Crippen LogP contribution is -2.24. The Bertz CT molecular complexity index is 528. The number of halogens is 2. The lowest BCUT2D eigenvalue weighted by molar-refractivity contribution is 0.454. The number of hydrogen-bond acceptors (Lipinski definition) is 3. The van der Waals surface area contributed by atoms with E-state index in [1.54, 1.807) is 11.3 Å². The highest BCUT2D eigenvalue weighted by atomic mass is 79.9. The SMILES string of the molecule is CCC(NC(C)c1ccc(Br)cc1Br)c1nccs1. The number of nitrogens with one attached hydrogen (secondary N) is 1. The number of hydrogen-bond donors (Lipinski definition) is 1. The number of benzene rings is 1. The number of rotatable bonds is 5. The fraction of sp³-hybridized carbons (Fsp3) is 0.357. The maximum atomic E-state index is 4.41. The summed E-state index contributed by atoms with van der Waals surface area (Å²) in [7, 11) is 0. The van der Waals surface area contributed by atoms with E-state index in [4.69, 9.17) is 0 Å². The van der Waals surface area contributed by atoms with Gasteiger partial charge in [-0.2, -0.15) is 0 Å². The first-order valence-corrected chi connectivity index (χ1v) is 8.68. The summed E-state index contributed by atoms with van der Waals surface area (Å²) in [5.74, 6) is 0. The molecule has 2 atom stereocenters. The quantitative estimate of drug-likeness (QED) is 0.715. The molecule has 0 saturated heterocycles. The Morgan fingerprint density at radius 3 is 2.74 bits per heavy atom. The Morgan fingerprint density at radius 1 is 1.37 bits per heavy atom. The monoisotopic (exact) mass is 402 g/mol. The van der Waals surface area contributed by atoms with Crippen LogP contribution >= 0.6 is 43.2 Å². The van der Waals surface area contributed by atoms with Crippen LogP contribution in [0.3, 0.4) is 0 Å². The Hall–Kier alpha value is -0.230. The molecule has 0 aliphatic rings. The average Bonchev–Trinajstić information content (AvgIpc) is 2.89. The number of nitrogens with zero attached hydrogens (tertiary/aromatic N) is 1. The standard InChI is InChI=1S/C14H16Br2N2S/c1-3-13(14-17-6-7-19-14)18-9(2)11-5-4-10(15)8-12(11)16/h4-9,13,18H,3H2,1-2H3. The fourth-order valence-electron chi connectivity index (χ4n) is 2.01. The highest BCUT2D eigenvalue weighted by Gasteiger charge is 2.17. The molecule has 5 heteroatoms. The molecule has 2 aromatic rings. The van der Waals surface area contributed by atoms with Crippen molar-refractivity contribution in [2.24, 2.45) is 0 Å². The van der Waals surface area contributed by atoms with E-state index in [-0.39, 0.29) is 6.04 Å². The van der Waals surface area contributed by atoms with Crippen LogP contribution in [-0.2, 0) is 0 Å². The Morgan fingerprint density at radius 2 is 2.16 bits per heavy atom. The molecule has 19 heavy (non-hydrogen) atoms. The van der Waals surface area contributed by atoms with E-state index in [0.29, 0.717) is 6.04 Å². The predicted molar refractivity (Wildman–Crippen MR) is 88.5 cm³/mol. The topological polar surface area (TPSA) is 24.9 Å². The molecule has 102 valence electrons. The van der Waals surface area contributed by atoms with E-state index >= 15 is 0 Å². The summed E-state index contributed by atoms with van der Waals surface area (Å²) >= 11 is 8.81. The summed E-state index contributed by atoms with van der Waals surface area (Å²) in [6, 6.07) is 6.88. The molecule has 0 radical (unpaired) electrons. The molecule has 0 amide bonds. The van der Waals surface area contributed by atoms with Gasteiger partial charge in [0.1, 0.15) is 5.01 Å². The zero-order chi connectivity index (χ0) is 13.8.